The summed E-state index contributed by atoms with van der Waals surface area (Å²) in [6, 6.07) is 5.07. The highest BCUT2D eigenvalue weighted by Gasteiger charge is 2.43. The molecular formula is C24H34O5. The van der Waals surface area contributed by atoms with Crippen molar-refractivity contribution in [3.05, 3.63) is 41.5 Å². The second-order valence-electron chi connectivity index (χ2n) is 8.72. The number of unbranched alkanes of at least 4 members (excludes halogenated alkanes) is 1. The Kier molecular flexibility index (Phi) is 7.36. The fraction of sp³-hybridized carbons (Fsp3) is 0.625. The molecule has 3 N–H and O–H groups in total. The van der Waals surface area contributed by atoms with E-state index in [9.17, 15) is 20.1 Å². The van der Waals surface area contributed by atoms with Gasteiger partial charge in [0.2, 0.25) is 0 Å². The van der Waals surface area contributed by atoms with Crippen molar-refractivity contribution in [3.8, 4) is 5.75 Å². The summed E-state index contributed by atoms with van der Waals surface area (Å²) in [7, 11) is 0. The number of aromatic carboxylic acids is 1. The second kappa shape index (κ2) is 9.77. The first-order valence-electron chi connectivity index (χ1n) is 11.0. The molecule has 1 heterocycles. The zero-order valence-electron chi connectivity index (χ0n) is 17.5. The van der Waals surface area contributed by atoms with Crippen molar-refractivity contribution in [1.82, 2.24) is 0 Å². The lowest BCUT2D eigenvalue weighted by Gasteiger charge is -2.28. The van der Waals surface area contributed by atoms with Crippen LogP contribution in [0.4, 0.5) is 0 Å². The molecule has 0 spiro atoms. The third-order valence-electron chi connectivity index (χ3n) is 6.59. The van der Waals surface area contributed by atoms with Crippen LogP contribution in [-0.2, 0) is 6.42 Å². The Morgan fingerprint density at radius 1 is 1.38 bits per heavy atom. The van der Waals surface area contributed by atoms with Gasteiger partial charge in [-0.3, -0.25) is 0 Å². The number of carbonyl (C=O) groups is 1. The molecule has 1 fully saturated rings. The van der Waals surface area contributed by atoms with Gasteiger partial charge in [-0.15, -0.1) is 0 Å². The van der Waals surface area contributed by atoms with Crippen molar-refractivity contribution in [2.24, 2.45) is 17.8 Å². The smallest absolute Gasteiger partial charge is 0.335 e. The highest BCUT2D eigenvalue weighted by Crippen LogP contribution is 2.42. The van der Waals surface area contributed by atoms with Crippen LogP contribution in [0.1, 0.15) is 68.3 Å². The van der Waals surface area contributed by atoms with E-state index in [-0.39, 0.29) is 29.4 Å². The van der Waals surface area contributed by atoms with Crippen LogP contribution in [0, 0.1) is 17.8 Å². The summed E-state index contributed by atoms with van der Waals surface area (Å²) in [4.78, 5) is 11.3. The number of aliphatic hydroxyl groups excluding tert-OH is 2. The first-order valence-corrected chi connectivity index (χ1v) is 11.0. The molecule has 0 amide bonds. The molecule has 5 nitrogen and oxygen atoms in total. The Morgan fingerprint density at radius 3 is 2.90 bits per heavy atom. The summed E-state index contributed by atoms with van der Waals surface area (Å²) in [5.74, 6) is -0.00758. The van der Waals surface area contributed by atoms with Crippen LogP contribution in [0.5, 0.6) is 5.75 Å². The highest BCUT2D eigenvalue weighted by molar-refractivity contribution is 5.88. The zero-order valence-corrected chi connectivity index (χ0v) is 17.5. The van der Waals surface area contributed by atoms with E-state index in [4.69, 9.17) is 4.74 Å². The Balaban J connectivity index is 1.73. The minimum Gasteiger partial charge on any atom is -0.490 e. The lowest BCUT2D eigenvalue weighted by Crippen LogP contribution is -2.27. The number of carboxylic acids is 1. The van der Waals surface area contributed by atoms with Gasteiger partial charge in [-0.25, -0.2) is 4.79 Å². The molecule has 0 aromatic heterocycles. The first-order chi connectivity index (χ1) is 13.9. The molecule has 1 aromatic carbocycles. The van der Waals surface area contributed by atoms with Gasteiger partial charge in [0.25, 0.3) is 0 Å². The van der Waals surface area contributed by atoms with Crippen LogP contribution >= 0.6 is 0 Å². The number of carboxylic acid groups (broad SMARTS) is 1. The van der Waals surface area contributed by atoms with E-state index in [1.807, 2.05) is 18.2 Å². The van der Waals surface area contributed by atoms with Gasteiger partial charge in [-0.05, 0) is 49.3 Å². The van der Waals surface area contributed by atoms with E-state index < -0.39 is 18.2 Å². The average molecular weight is 403 g/mol. The van der Waals surface area contributed by atoms with E-state index in [1.54, 1.807) is 12.1 Å². The Hall–Kier alpha value is -1.85. The molecular weight excluding hydrogens is 368 g/mol. The van der Waals surface area contributed by atoms with Crippen LogP contribution in [0.3, 0.4) is 0 Å². The number of hydrogen-bond donors (Lipinski definition) is 3. The van der Waals surface area contributed by atoms with Crippen LogP contribution < -0.4 is 4.74 Å². The van der Waals surface area contributed by atoms with Crippen molar-refractivity contribution in [2.45, 2.75) is 77.1 Å². The van der Waals surface area contributed by atoms with E-state index >= 15 is 0 Å². The maximum atomic E-state index is 11.3. The summed E-state index contributed by atoms with van der Waals surface area (Å²) >= 11 is 0. The molecule has 0 saturated heterocycles. The van der Waals surface area contributed by atoms with Crippen LogP contribution in [0.15, 0.2) is 30.4 Å². The second-order valence-corrected chi connectivity index (χ2v) is 8.72. The molecule has 2 aliphatic rings. The predicted octanol–water partition coefficient (Wildman–Crippen LogP) is 4.21. The normalized spacial score (nSPS) is 28.7. The SMILES string of the molecule is CCCC[C@@H](C)C(O)/C=C/[C@@H]1[C@H]2CCCc3ccc(C(=O)O)cc3O[C@H]2C[C@H]1O. The monoisotopic (exact) mass is 402 g/mol. The Bertz CT molecular complexity index is 728. The largest absolute Gasteiger partial charge is 0.490 e. The minimum atomic E-state index is -0.964. The van der Waals surface area contributed by atoms with Crippen LogP contribution in [0.2, 0.25) is 0 Å². The average Bonchev–Trinajstić information content (AvgIpc) is 2.96. The zero-order chi connectivity index (χ0) is 21.0. The molecule has 1 unspecified atom stereocenters. The Labute approximate surface area is 173 Å². The van der Waals surface area contributed by atoms with Crippen molar-refractivity contribution in [1.29, 1.82) is 0 Å². The number of rotatable bonds is 7. The van der Waals surface area contributed by atoms with Gasteiger partial charge in [0, 0.05) is 18.3 Å². The molecule has 3 rings (SSSR count). The summed E-state index contributed by atoms with van der Waals surface area (Å²) in [6.45, 7) is 4.21. The van der Waals surface area contributed by atoms with Crippen molar-refractivity contribution >= 4 is 5.97 Å². The quantitative estimate of drug-likeness (QED) is 0.595. The number of aliphatic hydroxyl groups is 2. The van der Waals surface area contributed by atoms with Crippen molar-refractivity contribution in [2.75, 3.05) is 0 Å². The lowest BCUT2D eigenvalue weighted by atomic mass is 9.86. The van der Waals surface area contributed by atoms with Gasteiger partial charge < -0.3 is 20.1 Å². The van der Waals surface area contributed by atoms with E-state index in [0.717, 1.165) is 44.1 Å². The van der Waals surface area contributed by atoms with Crippen molar-refractivity contribution in [3.63, 3.8) is 0 Å². The molecule has 1 aliphatic carbocycles. The maximum absolute atomic E-state index is 11.3. The van der Waals surface area contributed by atoms with E-state index in [2.05, 4.69) is 13.8 Å². The van der Waals surface area contributed by atoms with Crippen molar-refractivity contribution < 1.29 is 24.9 Å². The third-order valence-corrected chi connectivity index (χ3v) is 6.59. The highest BCUT2D eigenvalue weighted by atomic mass is 16.5. The molecule has 1 aromatic rings. The number of benzene rings is 1. The van der Waals surface area contributed by atoms with Gasteiger partial charge in [0.1, 0.15) is 11.9 Å². The van der Waals surface area contributed by atoms with Gasteiger partial charge >= 0.3 is 5.97 Å². The summed E-state index contributed by atoms with van der Waals surface area (Å²) in [5.41, 5.74) is 1.25. The van der Waals surface area contributed by atoms with Gasteiger partial charge in [-0.2, -0.15) is 0 Å². The van der Waals surface area contributed by atoms with Gasteiger partial charge in [0.05, 0.1) is 17.8 Å². The molecule has 6 atom stereocenters. The lowest BCUT2D eigenvalue weighted by molar-refractivity contribution is 0.0695. The molecule has 1 aliphatic heterocycles. The number of hydrogen-bond acceptors (Lipinski definition) is 4. The molecule has 5 heteroatoms. The standard InChI is InChI=1S/C24H34O5/c1-3-4-6-15(2)20(25)12-11-18-19-8-5-7-16-9-10-17(24(27)28)13-22(16)29-23(19)14-21(18)26/h9-13,15,18-21,23,25-26H,3-8,14H2,1-2H3,(H,27,28)/b12-11+/t15-,18-,19-,20?,21-,23+/m1/s1. The summed E-state index contributed by atoms with van der Waals surface area (Å²) in [6.07, 6.45) is 9.18. The number of aryl methyl sites for hydroxylation is 1. The number of ether oxygens (including phenoxy) is 1. The van der Waals surface area contributed by atoms with E-state index in [0.29, 0.717) is 12.2 Å². The first kappa shape index (κ1) is 21.8. The molecule has 160 valence electrons. The predicted molar refractivity (Wildman–Crippen MR) is 112 cm³/mol. The topological polar surface area (TPSA) is 87.0 Å². The van der Waals surface area contributed by atoms with Crippen LogP contribution in [0.25, 0.3) is 0 Å². The summed E-state index contributed by atoms with van der Waals surface area (Å²) < 4.78 is 6.24. The molecule has 0 bridgehead atoms. The fourth-order valence-corrected chi connectivity index (χ4v) is 4.71. The summed E-state index contributed by atoms with van der Waals surface area (Å²) in [5, 5.41) is 30.4. The van der Waals surface area contributed by atoms with Gasteiger partial charge in [-0.1, -0.05) is 44.9 Å². The van der Waals surface area contributed by atoms with Gasteiger partial charge in [0.15, 0.2) is 0 Å². The van der Waals surface area contributed by atoms with Crippen LogP contribution in [-0.4, -0.2) is 39.6 Å². The molecule has 29 heavy (non-hydrogen) atoms. The maximum Gasteiger partial charge on any atom is 0.335 e. The fourth-order valence-electron chi connectivity index (χ4n) is 4.71. The minimum absolute atomic E-state index is 0.0442. The Morgan fingerprint density at radius 2 is 2.17 bits per heavy atom. The molecule has 1 saturated carbocycles. The molecule has 0 radical (unpaired) electrons. The number of fused-ring (bicyclic) bond motifs is 2. The van der Waals surface area contributed by atoms with E-state index in [1.165, 1.54) is 0 Å². The third kappa shape index (κ3) is 5.20.